The molecule has 1 heterocycles. The number of nitrogens with zero attached hydrogens (tertiary/aromatic N) is 1. The number of benzene rings is 1. The molecule has 2 rings (SSSR count). The minimum atomic E-state index is -3.34. The Balaban J connectivity index is 2.02. The van der Waals surface area contributed by atoms with E-state index < -0.39 is 9.84 Å². The van der Waals surface area contributed by atoms with Crippen LogP contribution in [0.5, 0.6) is 0 Å². The third-order valence-electron chi connectivity index (χ3n) is 3.79. The molecular formula is C14H21N3O3S. The van der Waals surface area contributed by atoms with Crippen molar-refractivity contribution in [1.29, 1.82) is 0 Å². The maximum absolute atomic E-state index is 12.3. The van der Waals surface area contributed by atoms with Crippen molar-refractivity contribution in [3.8, 4) is 0 Å². The lowest BCUT2D eigenvalue weighted by Gasteiger charge is -2.32. The molecule has 0 spiro atoms. The Morgan fingerprint density at radius 2 is 2.00 bits per heavy atom. The highest BCUT2D eigenvalue weighted by Crippen LogP contribution is 2.13. The van der Waals surface area contributed by atoms with Gasteiger partial charge in [0.15, 0.2) is 9.84 Å². The molecule has 1 aromatic rings. The average Bonchev–Trinajstić information content (AvgIpc) is 2.49. The first-order valence-corrected chi connectivity index (χ1v) is 8.63. The smallest absolute Gasteiger partial charge is 0.237 e. The van der Waals surface area contributed by atoms with E-state index in [1.54, 1.807) is 31.2 Å². The van der Waals surface area contributed by atoms with Crippen LogP contribution in [0, 0.1) is 0 Å². The van der Waals surface area contributed by atoms with Gasteiger partial charge in [-0.15, -0.1) is 0 Å². The third kappa shape index (κ3) is 3.81. The van der Waals surface area contributed by atoms with E-state index >= 15 is 0 Å². The summed E-state index contributed by atoms with van der Waals surface area (Å²) in [4.78, 5) is 13.7. The van der Waals surface area contributed by atoms with Crippen molar-refractivity contribution in [2.24, 2.45) is 5.73 Å². The van der Waals surface area contributed by atoms with Gasteiger partial charge in [0, 0.05) is 26.2 Å². The highest BCUT2D eigenvalue weighted by molar-refractivity contribution is 7.91. The maximum Gasteiger partial charge on any atom is 0.237 e. The standard InChI is InChI=1S/C14H21N3O3S/c1-11-14(18)16-6-7-17(11)8-9-21(19,20)13-4-2-12(10-15)3-5-13/h2-5,11H,6-10,15H2,1H3,(H,16,18). The molecule has 1 aliphatic rings. The number of piperazine rings is 1. The Morgan fingerprint density at radius 1 is 1.33 bits per heavy atom. The Hall–Kier alpha value is -1.44. The summed E-state index contributed by atoms with van der Waals surface area (Å²) in [5.74, 6) is -0.0435. The van der Waals surface area contributed by atoms with Gasteiger partial charge in [-0.25, -0.2) is 8.42 Å². The molecule has 1 aromatic carbocycles. The number of hydrogen-bond donors (Lipinski definition) is 2. The number of nitrogens with two attached hydrogens (primary N) is 1. The Labute approximate surface area is 125 Å². The number of amides is 1. The summed E-state index contributed by atoms with van der Waals surface area (Å²) in [5, 5.41) is 2.76. The number of rotatable bonds is 5. The molecule has 3 N–H and O–H groups in total. The van der Waals surface area contributed by atoms with Crippen molar-refractivity contribution in [3.05, 3.63) is 29.8 Å². The lowest BCUT2D eigenvalue weighted by Crippen LogP contribution is -2.54. The van der Waals surface area contributed by atoms with E-state index in [1.165, 1.54) is 0 Å². The summed E-state index contributed by atoms with van der Waals surface area (Å²) in [7, 11) is -3.34. The first kappa shape index (κ1) is 15.9. The molecule has 0 aliphatic carbocycles. The zero-order valence-corrected chi connectivity index (χ0v) is 12.9. The summed E-state index contributed by atoms with van der Waals surface area (Å²) in [5.41, 5.74) is 6.40. The van der Waals surface area contributed by atoms with Crippen LogP contribution < -0.4 is 11.1 Å². The fraction of sp³-hybridized carbons (Fsp3) is 0.500. The maximum atomic E-state index is 12.3. The molecule has 0 bridgehead atoms. The predicted molar refractivity (Wildman–Crippen MR) is 80.4 cm³/mol. The number of hydrogen-bond acceptors (Lipinski definition) is 5. The molecule has 0 radical (unpaired) electrons. The molecule has 1 atom stereocenters. The molecule has 1 fully saturated rings. The third-order valence-corrected chi connectivity index (χ3v) is 5.50. The summed E-state index contributed by atoms with van der Waals surface area (Å²) in [6, 6.07) is 6.34. The SMILES string of the molecule is CC1C(=O)NCCN1CCS(=O)(=O)c1ccc(CN)cc1. The lowest BCUT2D eigenvalue weighted by molar-refractivity contribution is -0.128. The van der Waals surface area contributed by atoms with Crippen LogP contribution in [0.1, 0.15) is 12.5 Å². The quantitative estimate of drug-likeness (QED) is 0.781. The molecule has 21 heavy (non-hydrogen) atoms. The van der Waals surface area contributed by atoms with Crippen molar-refractivity contribution in [3.63, 3.8) is 0 Å². The van der Waals surface area contributed by atoms with Gasteiger partial charge in [-0.2, -0.15) is 0 Å². The highest BCUT2D eigenvalue weighted by Gasteiger charge is 2.26. The predicted octanol–water partition coefficient (Wildman–Crippen LogP) is -0.261. The Morgan fingerprint density at radius 3 is 2.62 bits per heavy atom. The van der Waals surface area contributed by atoms with E-state index in [0.717, 1.165) is 5.56 Å². The highest BCUT2D eigenvalue weighted by atomic mass is 32.2. The molecule has 0 saturated carbocycles. The van der Waals surface area contributed by atoms with E-state index in [1.807, 2.05) is 4.90 Å². The molecule has 1 saturated heterocycles. The van der Waals surface area contributed by atoms with Crippen molar-refractivity contribution in [1.82, 2.24) is 10.2 Å². The second-order valence-corrected chi connectivity index (χ2v) is 7.28. The van der Waals surface area contributed by atoms with Crippen LogP contribution in [-0.2, 0) is 21.2 Å². The summed E-state index contributed by atoms with van der Waals surface area (Å²) in [6.45, 7) is 3.77. The molecule has 1 aliphatic heterocycles. The second-order valence-electron chi connectivity index (χ2n) is 5.17. The van der Waals surface area contributed by atoms with Crippen molar-refractivity contribution < 1.29 is 13.2 Å². The van der Waals surface area contributed by atoms with Crippen LogP contribution in [0.2, 0.25) is 0 Å². The Kier molecular flexibility index (Phi) is 4.97. The second kappa shape index (κ2) is 6.55. The Bertz CT molecular complexity index is 598. The first-order chi connectivity index (χ1) is 9.94. The number of carbonyl (C=O) groups is 1. The van der Waals surface area contributed by atoms with E-state index in [4.69, 9.17) is 5.73 Å². The van der Waals surface area contributed by atoms with Gasteiger partial charge in [0.25, 0.3) is 0 Å². The number of nitrogens with one attached hydrogen (secondary N) is 1. The number of sulfone groups is 1. The van der Waals surface area contributed by atoms with Gasteiger partial charge >= 0.3 is 0 Å². The first-order valence-electron chi connectivity index (χ1n) is 6.97. The molecule has 1 unspecified atom stereocenters. The van der Waals surface area contributed by atoms with Gasteiger partial charge in [-0.3, -0.25) is 9.69 Å². The van der Waals surface area contributed by atoms with Gasteiger partial charge in [0.2, 0.25) is 5.91 Å². The van der Waals surface area contributed by atoms with Crippen LogP contribution in [0.15, 0.2) is 29.2 Å². The van der Waals surface area contributed by atoms with E-state index in [-0.39, 0.29) is 17.7 Å². The molecule has 1 amide bonds. The monoisotopic (exact) mass is 311 g/mol. The van der Waals surface area contributed by atoms with Gasteiger partial charge in [-0.1, -0.05) is 12.1 Å². The number of carbonyl (C=O) groups excluding carboxylic acids is 1. The fourth-order valence-corrected chi connectivity index (χ4v) is 3.58. The molecule has 0 aromatic heterocycles. The molecular weight excluding hydrogens is 290 g/mol. The topological polar surface area (TPSA) is 92.5 Å². The minimum absolute atomic E-state index is 0.00654. The van der Waals surface area contributed by atoms with Crippen LogP contribution in [0.3, 0.4) is 0 Å². The summed E-state index contributed by atoms with van der Waals surface area (Å²) < 4.78 is 24.6. The van der Waals surface area contributed by atoms with Gasteiger partial charge in [-0.05, 0) is 24.6 Å². The van der Waals surface area contributed by atoms with E-state index in [2.05, 4.69) is 5.32 Å². The van der Waals surface area contributed by atoms with E-state index in [9.17, 15) is 13.2 Å². The van der Waals surface area contributed by atoms with Crippen molar-refractivity contribution in [2.45, 2.75) is 24.4 Å². The van der Waals surface area contributed by atoms with Gasteiger partial charge in [0.05, 0.1) is 16.7 Å². The van der Waals surface area contributed by atoms with Gasteiger partial charge < -0.3 is 11.1 Å². The van der Waals surface area contributed by atoms with Gasteiger partial charge in [0.1, 0.15) is 0 Å². The molecule has 6 nitrogen and oxygen atoms in total. The summed E-state index contributed by atoms with van der Waals surface area (Å²) >= 11 is 0. The van der Waals surface area contributed by atoms with Crippen LogP contribution in [0.4, 0.5) is 0 Å². The van der Waals surface area contributed by atoms with Crippen LogP contribution in [-0.4, -0.2) is 50.7 Å². The minimum Gasteiger partial charge on any atom is -0.353 e. The fourth-order valence-electron chi connectivity index (χ4n) is 2.32. The largest absolute Gasteiger partial charge is 0.353 e. The zero-order chi connectivity index (χ0) is 15.5. The van der Waals surface area contributed by atoms with Crippen molar-refractivity contribution >= 4 is 15.7 Å². The van der Waals surface area contributed by atoms with E-state index in [0.29, 0.717) is 31.1 Å². The van der Waals surface area contributed by atoms with Crippen LogP contribution >= 0.6 is 0 Å². The molecule has 7 heteroatoms. The lowest BCUT2D eigenvalue weighted by atomic mass is 10.2. The average molecular weight is 311 g/mol. The molecule has 116 valence electrons. The van der Waals surface area contributed by atoms with Crippen molar-refractivity contribution in [2.75, 3.05) is 25.4 Å². The summed E-state index contributed by atoms with van der Waals surface area (Å²) in [6.07, 6.45) is 0. The zero-order valence-electron chi connectivity index (χ0n) is 12.1. The normalized spacial score (nSPS) is 20.3. The van der Waals surface area contributed by atoms with Crippen LogP contribution in [0.25, 0.3) is 0 Å².